The molecule has 1 fully saturated rings. The van der Waals surface area contributed by atoms with Crippen molar-refractivity contribution >= 4 is 12.0 Å². The predicted molar refractivity (Wildman–Crippen MR) is 192 cm³/mol. The monoisotopic (exact) mass is 687 g/mol. The Balaban J connectivity index is 1.32. The minimum Gasteiger partial charge on any atom is -0.492 e. The van der Waals surface area contributed by atoms with Crippen molar-refractivity contribution in [3.63, 3.8) is 0 Å². The van der Waals surface area contributed by atoms with Crippen molar-refractivity contribution < 1.29 is 34.0 Å². The Hall–Kier alpha value is -3.96. The van der Waals surface area contributed by atoms with Crippen molar-refractivity contribution in [2.75, 3.05) is 32.9 Å². The van der Waals surface area contributed by atoms with E-state index in [0.29, 0.717) is 25.9 Å². The van der Waals surface area contributed by atoms with Crippen LogP contribution in [0.1, 0.15) is 62.4 Å². The molecule has 10 nitrogen and oxygen atoms in total. The zero-order chi connectivity index (χ0) is 35.7. The van der Waals surface area contributed by atoms with E-state index in [1.54, 1.807) is 20.8 Å². The molecule has 4 unspecified atom stereocenters. The van der Waals surface area contributed by atoms with Gasteiger partial charge in [0, 0.05) is 31.5 Å². The number of hydrogen-bond donors (Lipinski definition) is 4. The predicted octanol–water partition coefficient (Wildman–Crippen LogP) is 4.61. The Morgan fingerprint density at radius 3 is 2.30 bits per heavy atom. The number of nitrogens with one attached hydrogen (secondary N) is 2. The lowest BCUT2D eigenvalue weighted by Crippen LogP contribution is -2.48. The molecule has 4 N–H and O–H groups in total. The first-order valence-electron chi connectivity index (χ1n) is 17.8. The molecular weight excluding hydrogens is 634 g/mol. The third-order valence-corrected chi connectivity index (χ3v) is 9.43. The summed E-state index contributed by atoms with van der Waals surface area (Å²) in [6, 6.07) is 24.0. The van der Waals surface area contributed by atoms with Crippen LogP contribution in [0.25, 0.3) is 0 Å². The summed E-state index contributed by atoms with van der Waals surface area (Å²) < 4.78 is 17.1. The highest BCUT2D eigenvalue weighted by atomic mass is 16.6. The maximum Gasteiger partial charge on any atom is 0.407 e. The highest BCUT2D eigenvalue weighted by Crippen LogP contribution is 2.32. The van der Waals surface area contributed by atoms with E-state index >= 15 is 0 Å². The van der Waals surface area contributed by atoms with Gasteiger partial charge in [0.05, 0.1) is 37.5 Å². The van der Waals surface area contributed by atoms with Crippen LogP contribution in [-0.4, -0.2) is 89.9 Å². The van der Waals surface area contributed by atoms with Gasteiger partial charge < -0.3 is 35.1 Å². The van der Waals surface area contributed by atoms with Gasteiger partial charge in [-0.05, 0) is 81.3 Å². The number of hydrogen-bond acceptors (Lipinski definition) is 8. The summed E-state index contributed by atoms with van der Waals surface area (Å²) >= 11 is 0. The molecule has 2 aliphatic rings. The number of fused-ring (bicyclic) bond motifs is 1. The second-order valence-electron chi connectivity index (χ2n) is 14.6. The van der Waals surface area contributed by atoms with Crippen LogP contribution in [0.4, 0.5) is 4.79 Å². The fourth-order valence-electron chi connectivity index (χ4n) is 6.71. The molecule has 2 amide bonds. The number of morpholine rings is 1. The number of carbonyl (C=O) groups excluding carboxylic acids is 2. The number of benzene rings is 3. The lowest BCUT2D eigenvalue weighted by atomic mass is 9.88. The molecule has 0 saturated carbocycles. The van der Waals surface area contributed by atoms with Crippen LogP contribution in [-0.2, 0) is 33.5 Å². The topological polar surface area (TPSA) is 130 Å². The SMILES string of the molecule is CC(COc1ccc(CC(CC(O)C(Cc2ccccc2)NC(=O)OC(C)(C)C)C(=O)N[C@H]2c3ccccc3C[C@@H]2O)cc1)N1CCOCC1. The average Bonchev–Trinajstić information content (AvgIpc) is 3.41. The molecule has 1 saturated heterocycles. The molecule has 1 aliphatic carbocycles. The molecule has 1 heterocycles. The van der Waals surface area contributed by atoms with E-state index < -0.39 is 41.9 Å². The van der Waals surface area contributed by atoms with Crippen molar-refractivity contribution in [1.82, 2.24) is 15.5 Å². The molecule has 0 radical (unpaired) electrons. The molecule has 5 rings (SSSR count). The molecule has 270 valence electrons. The van der Waals surface area contributed by atoms with Gasteiger partial charge in [-0.3, -0.25) is 9.69 Å². The van der Waals surface area contributed by atoms with Crippen LogP contribution < -0.4 is 15.4 Å². The first-order valence-corrected chi connectivity index (χ1v) is 17.8. The Morgan fingerprint density at radius 1 is 0.940 bits per heavy atom. The van der Waals surface area contributed by atoms with E-state index in [1.807, 2.05) is 78.9 Å². The smallest absolute Gasteiger partial charge is 0.407 e. The van der Waals surface area contributed by atoms with E-state index in [2.05, 4.69) is 22.5 Å². The van der Waals surface area contributed by atoms with E-state index in [4.69, 9.17) is 14.2 Å². The van der Waals surface area contributed by atoms with Gasteiger partial charge in [0.15, 0.2) is 0 Å². The van der Waals surface area contributed by atoms with E-state index in [-0.39, 0.29) is 18.4 Å². The number of rotatable bonds is 14. The maximum absolute atomic E-state index is 14.1. The fourth-order valence-corrected chi connectivity index (χ4v) is 6.71. The third kappa shape index (κ3) is 10.8. The Labute approximate surface area is 296 Å². The standard InChI is InChI=1S/C40H53N3O7/c1-27(43-18-20-48-21-19-43)26-49-32-16-14-29(15-17-32)22-31(38(46)42-37-33-13-9-8-12-30(33)24-36(37)45)25-35(44)34(23-28-10-6-5-7-11-28)41-39(47)50-40(2,3)4/h5-17,27,31,34-37,44-45H,18-26H2,1-4H3,(H,41,47)(H,42,46)/t27?,31?,34?,35?,36-,37-/m0/s1. The van der Waals surface area contributed by atoms with Crippen molar-refractivity contribution in [3.05, 3.63) is 101 Å². The first-order chi connectivity index (χ1) is 23.9. The van der Waals surface area contributed by atoms with E-state index in [1.165, 1.54) is 0 Å². The zero-order valence-corrected chi connectivity index (χ0v) is 29.7. The number of aliphatic hydroxyl groups is 2. The van der Waals surface area contributed by atoms with Gasteiger partial charge in [0.2, 0.25) is 5.91 Å². The summed E-state index contributed by atoms with van der Waals surface area (Å²) in [5, 5.41) is 28.6. The molecule has 10 heteroatoms. The van der Waals surface area contributed by atoms with Crippen LogP contribution in [0.2, 0.25) is 0 Å². The largest absolute Gasteiger partial charge is 0.492 e. The molecule has 6 atom stereocenters. The van der Waals surface area contributed by atoms with Gasteiger partial charge in [-0.15, -0.1) is 0 Å². The summed E-state index contributed by atoms with van der Waals surface area (Å²) in [6.45, 7) is 11.3. The molecule has 50 heavy (non-hydrogen) atoms. The van der Waals surface area contributed by atoms with Gasteiger partial charge in [-0.1, -0.05) is 66.7 Å². The summed E-state index contributed by atoms with van der Waals surface area (Å²) in [5.41, 5.74) is 3.01. The number of ether oxygens (including phenoxy) is 3. The van der Waals surface area contributed by atoms with Crippen molar-refractivity contribution in [1.29, 1.82) is 0 Å². The summed E-state index contributed by atoms with van der Waals surface area (Å²) in [7, 11) is 0. The second-order valence-corrected chi connectivity index (χ2v) is 14.6. The molecule has 3 aromatic carbocycles. The number of nitrogens with zero attached hydrogens (tertiary/aromatic N) is 1. The third-order valence-electron chi connectivity index (χ3n) is 9.43. The number of aliphatic hydroxyl groups excluding tert-OH is 2. The van der Waals surface area contributed by atoms with Crippen molar-refractivity contribution in [3.8, 4) is 5.75 Å². The minimum absolute atomic E-state index is 0.0684. The lowest BCUT2D eigenvalue weighted by molar-refractivity contribution is -0.127. The Kier molecular flexibility index (Phi) is 12.9. The summed E-state index contributed by atoms with van der Waals surface area (Å²) in [4.78, 5) is 29.4. The van der Waals surface area contributed by atoms with Gasteiger partial charge in [0.25, 0.3) is 0 Å². The van der Waals surface area contributed by atoms with Crippen LogP contribution >= 0.6 is 0 Å². The fraction of sp³-hybridized carbons (Fsp3) is 0.500. The highest BCUT2D eigenvalue weighted by Gasteiger charge is 2.35. The van der Waals surface area contributed by atoms with Gasteiger partial charge >= 0.3 is 6.09 Å². The highest BCUT2D eigenvalue weighted by molar-refractivity contribution is 5.80. The Bertz CT molecular complexity index is 1520. The van der Waals surface area contributed by atoms with Gasteiger partial charge in [0.1, 0.15) is 18.0 Å². The zero-order valence-electron chi connectivity index (χ0n) is 29.7. The van der Waals surface area contributed by atoms with Crippen LogP contribution in [0.5, 0.6) is 5.75 Å². The number of amides is 2. The number of alkyl carbamates (subject to hydrolysis) is 1. The van der Waals surface area contributed by atoms with Crippen molar-refractivity contribution in [2.45, 2.75) is 89.3 Å². The van der Waals surface area contributed by atoms with Gasteiger partial charge in [-0.25, -0.2) is 4.79 Å². The minimum atomic E-state index is -1.08. The molecule has 1 aliphatic heterocycles. The van der Waals surface area contributed by atoms with E-state index in [0.717, 1.165) is 54.3 Å². The summed E-state index contributed by atoms with van der Waals surface area (Å²) in [6.07, 6.45) is -1.26. The van der Waals surface area contributed by atoms with Crippen LogP contribution in [0.3, 0.4) is 0 Å². The van der Waals surface area contributed by atoms with Crippen LogP contribution in [0, 0.1) is 5.92 Å². The lowest BCUT2D eigenvalue weighted by Gasteiger charge is -2.32. The molecule has 3 aromatic rings. The first kappa shape index (κ1) is 37.3. The molecule has 0 bridgehead atoms. The van der Waals surface area contributed by atoms with E-state index in [9.17, 15) is 19.8 Å². The summed E-state index contributed by atoms with van der Waals surface area (Å²) in [5.74, 6) is -0.206. The normalized spacial score (nSPS) is 20.2. The molecular formula is C40H53N3O7. The quantitative estimate of drug-likeness (QED) is 0.194. The number of carbonyl (C=O) groups is 2. The second kappa shape index (κ2) is 17.3. The average molecular weight is 688 g/mol. The molecule has 0 aromatic heterocycles. The maximum atomic E-state index is 14.1. The Morgan fingerprint density at radius 2 is 1.60 bits per heavy atom. The van der Waals surface area contributed by atoms with Crippen molar-refractivity contribution in [2.24, 2.45) is 5.92 Å². The molecule has 0 spiro atoms. The van der Waals surface area contributed by atoms with Gasteiger partial charge in [-0.2, -0.15) is 0 Å². The van der Waals surface area contributed by atoms with Crippen LogP contribution in [0.15, 0.2) is 78.9 Å².